The highest BCUT2D eigenvalue weighted by atomic mass is 127. The first-order chi connectivity index (χ1) is 40.4. The van der Waals surface area contributed by atoms with Crippen LogP contribution in [0.5, 0.6) is 5.75 Å². The number of hydrogen-bond acceptors (Lipinski definition) is 11. The summed E-state index contributed by atoms with van der Waals surface area (Å²) in [5, 5.41) is 34.9. The number of nitrogens with zero attached hydrogens (tertiary/aromatic N) is 2. The number of aromatic hydroxyl groups is 1. The van der Waals surface area contributed by atoms with Gasteiger partial charge in [-0.3, -0.25) is 43.3 Å². The monoisotopic (exact) mass is 1260 g/mol. The molecular weight excluding hydrogens is 1180 g/mol. The number of rotatable bonds is 25. The van der Waals surface area contributed by atoms with Gasteiger partial charge in [0.1, 0.15) is 29.9 Å². The van der Waals surface area contributed by atoms with E-state index in [4.69, 9.17) is 11.5 Å². The van der Waals surface area contributed by atoms with Crippen molar-refractivity contribution in [1.82, 2.24) is 47.4 Å². The van der Waals surface area contributed by atoms with Gasteiger partial charge in [-0.1, -0.05) is 90.5 Å². The molecule has 0 saturated carbocycles. The van der Waals surface area contributed by atoms with Gasteiger partial charge < -0.3 is 64.0 Å². The molecule has 0 spiro atoms. The smallest absolute Gasteiger partial charge is 0.251 e. The summed E-state index contributed by atoms with van der Waals surface area (Å²) in [6, 6.07) is 27.5. The summed E-state index contributed by atoms with van der Waals surface area (Å²) in [6.45, 7) is 2.55. The minimum Gasteiger partial charge on any atom is -0.507 e. The fraction of sp³-hybridized carbons (Fsp3) is 0.403. The summed E-state index contributed by atoms with van der Waals surface area (Å²) < 4.78 is 0.505. The topological polar surface area (TPSA) is 321 Å². The Kier molecular flexibility index (Phi) is 25.7. The summed E-state index contributed by atoms with van der Waals surface area (Å²) in [5.41, 5.74) is 16.9. The molecule has 6 rings (SSSR count). The van der Waals surface area contributed by atoms with Crippen molar-refractivity contribution < 1.29 is 43.5 Å². The number of carbonyl (C=O) groups excluding carboxylic acids is 8. The Morgan fingerprint density at radius 1 is 0.690 bits per heavy atom. The van der Waals surface area contributed by atoms with Gasteiger partial charge in [-0.25, -0.2) is 0 Å². The summed E-state index contributed by atoms with van der Waals surface area (Å²) in [5.74, 6) is -3.92. The van der Waals surface area contributed by atoms with Crippen LogP contribution in [0.2, 0.25) is 0 Å². The molecule has 5 atom stereocenters. The van der Waals surface area contributed by atoms with Gasteiger partial charge in [-0.05, 0) is 145 Å². The second kappa shape index (κ2) is 33.2. The predicted molar refractivity (Wildman–Crippen MR) is 331 cm³/mol. The zero-order valence-electron chi connectivity index (χ0n) is 47.9. The fourth-order valence-corrected chi connectivity index (χ4v) is 10.2. The number of phenols is 1. The van der Waals surface area contributed by atoms with Gasteiger partial charge in [0.25, 0.3) is 5.91 Å². The first-order valence-corrected chi connectivity index (χ1v) is 29.5. The van der Waals surface area contributed by atoms with Crippen molar-refractivity contribution in [2.75, 3.05) is 40.3 Å². The number of unbranched alkanes of at least 4 members (excludes halogenated alkanes) is 1. The normalized spacial score (nSPS) is 17.6. The molecule has 1 aliphatic heterocycles. The van der Waals surface area contributed by atoms with Crippen LogP contribution in [0.25, 0.3) is 10.8 Å². The zero-order valence-corrected chi connectivity index (χ0v) is 50.1. The van der Waals surface area contributed by atoms with Crippen molar-refractivity contribution in [3.8, 4) is 5.75 Å². The fourth-order valence-electron chi connectivity index (χ4n) is 9.61. The predicted octanol–water partition coefficient (Wildman–Crippen LogP) is 3.43. The lowest BCUT2D eigenvalue weighted by atomic mass is 10.00. The summed E-state index contributed by atoms with van der Waals surface area (Å²) in [6.07, 6.45) is 4.41. The number of carbonyl (C=O) groups is 8. The van der Waals surface area contributed by atoms with Crippen molar-refractivity contribution in [2.45, 2.75) is 121 Å². The van der Waals surface area contributed by atoms with E-state index in [0.717, 1.165) is 34.7 Å². The van der Waals surface area contributed by atoms with Gasteiger partial charge in [0.05, 0.1) is 16.2 Å². The van der Waals surface area contributed by atoms with Crippen molar-refractivity contribution >= 4 is 86.6 Å². The van der Waals surface area contributed by atoms with E-state index in [9.17, 15) is 43.5 Å². The van der Waals surface area contributed by atoms with Crippen LogP contribution < -0.4 is 54.0 Å². The van der Waals surface area contributed by atoms with E-state index in [0.29, 0.717) is 53.3 Å². The molecule has 1 aliphatic rings. The molecule has 0 bridgehead atoms. The third kappa shape index (κ3) is 20.9. The maximum absolute atomic E-state index is 14.7. The minimum atomic E-state index is -1.25. The van der Waals surface area contributed by atoms with E-state index in [1.54, 1.807) is 36.4 Å². The number of phenolic OH excluding ortho intramolecular Hbond substituents is 1. The van der Waals surface area contributed by atoms with Crippen LogP contribution in [0.1, 0.15) is 96.0 Å². The maximum Gasteiger partial charge on any atom is 0.251 e. The molecule has 22 heteroatoms. The number of guanidine groups is 1. The number of nitrogens with two attached hydrogens (primary N) is 2. The Bertz CT molecular complexity index is 3110. The Hall–Kier alpha value is -8.12. The first kappa shape index (κ1) is 65.0. The molecule has 0 aliphatic carbocycles. The summed E-state index contributed by atoms with van der Waals surface area (Å²) >= 11 is 1.95. The average molecular weight is 1260 g/mol. The second-order valence-corrected chi connectivity index (χ2v) is 22.2. The van der Waals surface area contributed by atoms with Gasteiger partial charge in [0, 0.05) is 65.1 Å². The molecule has 0 radical (unpaired) electrons. The van der Waals surface area contributed by atoms with Crippen LogP contribution in [0.15, 0.2) is 114 Å². The van der Waals surface area contributed by atoms with E-state index in [2.05, 4.69) is 71.8 Å². The molecule has 0 aromatic heterocycles. The van der Waals surface area contributed by atoms with Gasteiger partial charge in [-0.15, -0.1) is 0 Å². The van der Waals surface area contributed by atoms with Crippen molar-refractivity contribution in [1.29, 1.82) is 0 Å². The highest BCUT2D eigenvalue weighted by Crippen LogP contribution is 2.23. The summed E-state index contributed by atoms with van der Waals surface area (Å²) in [7, 11) is 2.94. The highest BCUT2D eigenvalue weighted by Gasteiger charge is 2.36. The molecule has 13 N–H and O–H groups in total. The summed E-state index contributed by atoms with van der Waals surface area (Å²) in [4.78, 5) is 115. The number of aliphatic imine (C=N–C) groups is 1. The van der Waals surface area contributed by atoms with E-state index in [-0.39, 0.29) is 75.3 Å². The van der Waals surface area contributed by atoms with Crippen LogP contribution >= 0.6 is 22.6 Å². The molecule has 1 heterocycles. The Labute approximate surface area is 504 Å². The maximum atomic E-state index is 14.7. The van der Waals surface area contributed by atoms with Crippen molar-refractivity contribution in [2.24, 2.45) is 16.5 Å². The molecule has 5 aromatic carbocycles. The van der Waals surface area contributed by atoms with Crippen LogP contribution in [-0.2, 0) is 59.4 Å². The molecular formula is C62H79IN12O9. The van der Waals surface area contributed by atoms with Gasteiger partial charge >= 0.3 is 0 Å². The number of likely N-dealkylation sites (N-methyl/N-ethyl adjacent to an activating group) is 1. The van der Waals surface area contributed by atoms with E-state index in [1.807, 2.05) is 72.0 Å². The number of aryl methyl sites for hydroxylation is 2. The molecule has 5 aromatic rings. The van der Waals surface area contributed by atoms with Crippen molar-refractivity contribution in [3.63, 3.8) is 0 Å². The molecule has 1 unspecified atom stereocenters. The number of amides is 8. The number of hydrogen-bond donors (Lipinski definition) is 11. The van der Waals surface area contributed by atoms with E-state index < -0.39 is 72.2 Å². The number of fused-ring (bicyclic) bond motifs is 1. The first-order valence-electron chi connectivity index (χ1n) is 28.5. The van der Waals surface area contributed by atoms with Crippen molar-refractivity contribution in [3.05, 3.63) is 146 Å². The lowest BCUT2D eigenvalue weighted by molar-refractivity contribution is -0.142. The van der Waals surface area contributed by atoms with Gasteiger partial charge in [0.15, 0.2) is 5.96 Å². The van der Waals surface area contributed by atoms with Crippen LogP contribution in [0.4, 0.5) is 0 Å². The minimum absolute atomic E-state index is 0.00159. The lowest BCUT2D eigenvalue weighted by Gasteiger charge is -2.32. The number of nitrogens with one attached hydrogen (secondary N) is 8. The SMILES string of the molecule is CN=C(N)NCCC[C@@H]1NC(=O)[C@@H](CCCNC(=O)c2ccc(CNC(=O)C(N)CCCCNC(=O)CCCc3ccc(C)cc3)cc2)N(C)C(=O)[C@@H](Cc2ccc(O)c(I)c2)NC(=O)CNC(=O)[C@H](Cc2ccc3ccccc3c2)NC1=O. The number of halogens is 1. The molecule has 1 saturated heterocycles. The lowest BCUT2D eigenvalue weighted by Crippen LogP contribution is -2.58. The van der Waals surface area contributed by atoms with Crippen LogP contribution in [-0.4, -0.2) is 134 Å². The van der Waals surface area contributed by atoms with E-state index >= 15 is 0 Å². The third-order valence-electron chi connectivity index (χ3n) is 14.6. The zero-order chi connectivity index (χ0) is 60.5. The molecule has 21 nitrogen and oxygen atoms in total. The van der Waals surface area contributed by atoms with Crippen LogP contribution in [0, 0.1) is 10.5 Å². The molecule has 8 amide bonds. The Morgan fingerprint density at radius 2 is 1.33 bits per heavy atom. The number of benzene rings is 5. The quantitative estimate of drug-likeness (QED) is 0.0173. The van der Waals surface area contributed by atoms with Crippen LogP contribution in [0.3, 0.4) is 0 Å². The average Bonchev–Trinajstić information content (AvgIpc) is 3.72. The van der Waals surface area contributed by atoms with Gasteiger partial charge in [-0.2, -0.15) is 0 Å². The molecule has 448 valence electrons. The van der Waals surface area contributed by atoms with E-state index in [1.165, 1.54) is 36.2 Å². The Balaban J connectivity index is 1.08. The Morgan fingerprint density at radius 3 is 2.07 bits per heavy atom. The van der Waals surface area contributed by atoms with Gasteiger partial charge in [0.2, 0.25) is 41.4 Å². The molecule has 1 fully saturated rings. The largest absolute Gasteiger partial charge is 0.507 e. The second-order valence-electron chi connectivity index (χ2n) is 21.1. The third-order valence-corrected chi connectivity index (χ3v) is 15.4. The molecule has 84 heavy (non-hydrogen) atoms. The highest BCUT2D eigenvalue weighted by molar-refractivity contribution is 14.1. The standard InChI is InChI=1S/C62H79IN12O9/c1-39-18-20-40(21-19-39)11-8-17-54(77)67-30-7-6-14-48(64)57(80)70-37-41-22-27-45(28-23-41)56(79)68-31-10-16-52-60(83)73-49(15-9-32-69-62(65)66-2)59(82)74-50(35-42-24-26-44-12-4-5-13-46(44)33-42)58(81)71-38-55(78)72-51(61(84)75(52)3)36-43-25-29-53(76)47(63)34-43/h4-5,12-13,18-29,33-34,48-52,76H,6-11,14-17,30-32,35-38,64H2,1-3H3,(H,67,77)(H,68,79)(H,70,80)(H,71,81)(H,72,78)(H,73,83)(H,74,82)(H3,65,66,69)/t48?,49-,50-,51+,52+/m0/s1.